The van der Waals surface area contributed by atoms with Crippen LogP contribution < -0.4 is 4.74 Å². The average Bonchev–Trinajstić information content (AvgIpc) is 3.04. The first kappa shape index (κ1) is 13.9. The molecule has 0 atom stereocenters. The van der Waals surface area contributed by atoms with Crippen molar-refractivity contribution < 1.29 is 14.6 Å². The molecule has 0 bridgehead atoms. The summed E-state index contributed by atoms with van der Waals surface area (Å²) in [7, 11) is 1.64. The molecule has 0 saturated heterocycles. The Morgan fingerprint density at radius 1 is 1.05 bits per heavy atom. The summed E-state index contributed by atoms with van der Waals surface area (Å²) in [6.45, 7) is 0. The van der Waals surface area contributed by atoms with Gasteiger partial charge in [0, 0.05) is 12.4 Å². The average molecular weight is 293 g/mol. The fourth-order valence-corrected chi connectivity index (χ4v) is 2.39. The van der Waals surface area contributed by atoms with E-state index < -0.39 is 5.97 Å². The van der Waals surface area contributed by atoms with Crippen molar-refractivity contribution in [2.75, 3.05) is 7.11 Å². The number of carboxylic acids is 1. The summed E-state index contributed by atoms with van der Waals surface area (Å²) in [5.41, 5.74) is 3.04. The Hall–Kier alpha value is -3.01. The van der Waals surface area contributed by atoms with E-state index in [1.165, 1.54) is 0 Å². The number of methoxy groups -OCH3 is 1. The van der Waals surface area contributed by atoms with Gasteiger partial charge in [-0.1, -0.05) is 24.3 Å². The van der Waals surface area contributed by atoms with E-state index in [2.05, 4.69) is 0 Å². The molecule has 0 amide bonds. The maximum atomic E-state index is 11.1. The van der Waals surface area contributed by atoms with Crippen molar-refractivity contribution in [3.63, 3.8) is 0 Å². The Bertz CT molecular complexity index is 820. The molecule has 110 valence electrons. The molecule has 4 heteroatoms. The number of ether oxygens (including phenoxy) is 1. The zero-order chi connectivity index (χ0) is 15.5. The van der Waals surface area contributed by atoms with Gasteiger partial charge in [0.2, 0.25) is 0 Å². The topological polar surface area (TPSA) is 51.5 Å². The molecule has 1 N–H and O–H groups in total. The van der Waals surface area contributed by atoms with Crippen molar-refractivity contribution in [3.8, 4) is 22.6 Å². The van der Waals surface area contributed by atoms with Gasteiger partial charge in [-0.3, -0.25) is 0 Å². The van der Waals surface area contributed by atoms with Crippen LogP contribution in [0, 0.1) is 0 Å². The maximum absolute atomic E-state index is 11.1. The van der Waals surface area contributed by atoms with Gasteiger partial charge in [-0.15, -0.1) is 0 Å². The second-order valence-corrected chi connectivity index (χ2v) is 4.87. The van der Waals surface area contributed by atoms with Gasteiger partial charge in [-0.2, -0.15) is 0 Å². The van der Waals surface area contributed by atoms with Crippen LogP contribution in [0.4, 0.5) is 0 Å². The predicted molar refractivity (Wildman–Crippen MR) is 84.7 cm³/mol. The van der Waals surface area contributed by atoms with Crippen LogP contribution in [-0.4, -0.2) is 22.8 Å². The van der Waals surface area contributed by atoms with Gasteiger partial charge in [0.1, 0.15) is 5.75 Å². The standard InChI is InChI=1S/C18H15NO3/c1-22-17-8-3-2-7-16(17)19-10-9-15(12-19)13-5-4-6-14(11-13)18(20)21/h2-12H,1H3,(H,20,21). The number of benzene rings is 2. The van der Waals surface area contributed by atoms with Crippen molar-refractivity contribution in [2.24, 2.45) is 0 Å². The van der Waals surface area contributed by atoms with Crippen LogP contribution in [0.5, 0.6) is 5.75 Å². The second-order valence-electron chi connectivity index (χ2n) is 4.87. The molecule has 3 rings (SSSR count). The summed E-state index contributed by atoms with van der Waals surface area (Å²) in [5.74, 6) is -0.144. The first-order chi connectivity index (χ1) is 10.7. The highest BCUT2D eigenvalue weighted by Gasteiger charge is 2.08. The highest BCUT2D eigenvalue weighted by Crippen LogP contribution is 2.26. The van der Waals surface area contributed by atoms with Crippen molar-refractivity contribution in [1.29, 1.82) is 0 Å². The lowest BCUT2D eigenvalue weighted by Crippen LogP contribution is -1.96. The molecule has 0 aliphatic rings. The van der Waals surface area contributed by atoms with E-state index in [1.54, 1.807) is 25.3 Å². The molecule has 0 fully saturated rings. The van der Waals surface area contributed by atoms with Crippen molar-refractivity contribution >= 4 is 5.97 Å². The first-order valence-corrected chi connectivity index (χ1v) is 6.84. The van der Waals surface area contributed by atoms with Gasteiger partial charge in [0.05, 0.1) is 18.4 Å². The summed E-state index contributed by atoms with van der Waals surface area (Å²) >= 11 is 0. The molecule has 1 heterocycles. The minimum atomic E-state index is -0.925. The molecule has 4 nitrogen and oxygen atoms in total. The lowest BCUT2D eigenvalue weighted by atomic mass is 10.1. The fraction of sp³-hybridized carbons (Fsp3) is 0.0556. The summed E-state index contributed by atoms with van der Waals surface area (Å²) < 4.78 is 7.33. The van der Waals surface area contributed by atoms with Crippen LogP contribution >= 0.6 is 0 Å². The zero-order valence-electron chi connectivity index (χ0n) is 12.1. The highest BCUT2D eigenvalue weighted by atomic mass is 16.5. The highest BCUT2D eigenvalue weighted by molar-refractivity contribution is 5.89. The number of aromatic carboxylic acids is 1. The number of carbonyl (C=O) groups is 1. The Labute approximate surface area is 128 Å². The van der Waals surface area contributed by atoms with Crippen LogP contribution in [0.25, 0.3) is 16.8 Å². The molecule has 2 aromatic carbocycles. The van der Waals surface area contributed by atoms with Gasteiger partial charge in [0.25, 0.3) is 0 Å². The normalized spacial score (nSPS) is 10.4. The third-order valence-corrected chi connectivity index (χ3v) is 3.50. The Balaban J connectivity index is 2.01. The van der Waals surface area contributed by atoms with E-state index in [4.69, 9.17) is 9.84 Å². The second kappa shape index (κ2) is 5.77. The monoisotopic (exact) mass is 293 g/mol. The molecule has 0 radical (unpaired) electrons. The quantitative estimate of drug-likeness (QED) is 0.795. The number of hydrogen-bond donors (Lipinski definition) is 1. The number of hydrogen-bond acceptors (Lipinski definition) is 2. The summed E-state index contributed by atoms with van der Waals surface area (Å²) in [6, 6.07) is 16.6. The molecule has 1 aromatic heterocycles. The molecular weight excluding hydrogens is 278 g/mol. The van der Waals surface area contributed by atoms with E-state index in [9.17, 15) is 4.79 Å². The molecular formula is C18H15NO3. The lowest BCUT2D eigenvalue weighted by Gasteiger charge is -2.08. The van der Waals surface area contributed by atoms with Crippen molar-refractivity contribution in [2.45, 2.75) is 0 Å². The first-order valence-electron chi connectivity index (χ1n) is 6.84. The third-order valence-electron chi connectivity index (χ3n) is 3.50. The Morgan fingerprint density at radius 3 is 2.64 bits per heavy atom. The molecule has 3 aromatic rings. The SMILES string of the molecule is COc1ccccc1-n1ccc(-c2cccc(C(=O)O)c2)c1. The number of rotatable bonds is 4. The van der Waals surface area contributed by atoms with E-state index >= 15 is 0 Å². The van der Waals surface area contributed by atoms with Crippen molar-refractivity contribution in [1.82, 2.24) is 4.57 Å². The van der Waals surface area contributed by atoms with E-state index in [-0.39, 0.29) is 5.56 Å². The number of aromatic nitrogens is 1. The fourth-order valence-electron chi connectivity index (χ4n) is 2.39. The van der Waals surface area contributed by atoms with Crippen LogP contribution in [0.2, 0.25) is 0 Å². The van der Waals surface area contributed by atoms with Gasteiger partial charge < -0.3 is 14.4 Å². The van der Waals surface area contributed by atoms with Gasteiger partial charge in [0.15, 0.2) is 0 Å². The summed E-state index contributed by atoms with van der Waals surface area (Å²) in [4.78, 5) is 11.1. The smallest absolute Gasteiger partial charge is 0.335 e. The summed E-state index contributed by atoms with van der Waals surface area (Å²) in [6.07, 6.45) is 3.89. The molecule has 0 unspecified atom stereocenters. The molecule has 0 saturated carbocycles. The van der Waals surface area contributed by atoms with Crippen LogP contribution in [0.1, 0.15) is 10.4 Å². The van der Waals surface area contributed by atoms with E-state index in [0.29, 0.717) is 0 Å². The summed E-state index contributed by atoms with van der Waals surface area (Å²) in [5, 5.41) is 9.09. The van der Waals surface area contributed by atoms with Crippen LogP contribution in [0.15, 0.2) is 67.0 Å². The number of para-hydroxylation sites is 2. The van der Waals surface area contributed by atoms with Crippen LogP contribution in [0.3, 0.4) is 0 Å². The predicted octanol–water partition coefficient (Wildman–Crippen LogP) is 3.85. The third kappa shape index (κ3) is 2.59. The lowest BCUT2D eigenvalue weighted by molar-refractivity contribution is 0.0697. The molecule has 22 heavy (non-hydrogen) atoms. The molecule has 0 spiro atoms. The van der Waals surface area contributed by atoms with E-state index in [0.717, 1.165) is 22.6 Å². The van der Waals surface area contributed by atoms with E-state index in [1.807, 2.05) is 53.4 Å². The van der Waals surface area contributed by atoms with Crippen molar-refractivity contribution in [3.05, 3.63) is 72.6 Å². The number of nitrogens with zero attached hydrogens (tertiary/aromatic N) is 1. The Kier molecular flexibility index (Phi) is 3.66. The number of carboxylic acid groups (broad SMARTS) is 1. The zero-order valence-corrected chi connectivity index (χ0v) is 12.1. The van der Waals surface area contributed by atoms with Gasteiger partial charge in [-0.05, 0) is 41.5 Å². The minimum Gasteiger partial charge on any atom is -0.495 e. The maximum Gasteiger partial charge on any atom is 0.335 e. The van der Waals surface area contributed by atoms with Gasteiger partial charge >= 0.3 is 5.97 Å². The van der Waals surface area contributed by atoms with Crippen LogP contribution in [-0.2, 0) is 0 Å². The molecule has 0 aliphatic carbocycles. The van der Waals surface area contributed by atoms with Gasteiger partial charge in [-0.25, -0.2) is 4.79 Å². The minimum absolute atomic E-state index is 0.280. The Morgan fingerprint density at radius 2 is 1.86 bits per heavy atom. The largest absolute Gasteiger partial charge is 0.495 e. The molecule has 0 aliphatic heterocycles.